The average Bonchev–Trinajstić information content (AvgIpc) is 2.98. The fraction of sp³-hybridized carbons (Fsp3) is 0.522. The summed E-state index contributed by atoms with van der Waals surface area (Å²) in [5.41, 5.74) is 2.16. The Morgan fingerprint density at radius 1 is 1.07 bits per heavy atom. The topological polar surface area (TPSA) is 55.7 Å². The molecule has 1 fully saturated rings. The minimum Gasteiger partial charge on any atom is -0.493 e. The second kappa shape index (κ2) is 10.3. The van der Waals surface area contributed by atoms with Crippen LogP contribution in [0.1, 0.15) is 43.0 Å². The Morgan fingerprint density at radius 2 is 1.79 bits per heavy atom. The van der Waals surface area contributed by atoms with Gasteiger partial charge in [-0.1, -0.05) is 18.9 Å². The Morgan fingerprint density at radius 3 is 2.41 bits per heavy atom. The Balaban J connectivity index is 1.65. The molecule has 2 aromatic rings. The van der Waals surface area contributed by atoms with Crippen LogP contribution in [0.15, 0.2) is 36.5 Å². The van der Waals surface area contributed by atoms with Gasteiger partial charge in [-0.3, -0.25) is 9.69 Å². The van der Waals surface area contributed by atoms with E-state index in [1.807, 2.05) is 18.2 Å². The van der Waals surface area contributed by atoms with E-state index in [9.17, 15) is 4.79 Å². The summed E-state index contributed by atoms with van der Waals surface area (Å²) in [6.07, 6.45) is 7.43. The quantitative estimate of drug-likeness (QED) is 0.740. The van der Waals surface area contributed by atoms with Gasteiger partial charge in [-0.2, -0.15) is 0 Å². The minimum absolute atomic E-state index is 0.0197. The van der Waals surface area contributed by atoms with Gasteiger partial charge in [0.2, 0.25) is 5.91 Å². The van der Waals surface area contributed by atoms with Crippen molar-refractivity contribution in [2.24, 2.45) is 7.05 Å². The third kappa shape index (κ3) is 5.54. The predicted molar refractivity (Wildman–Crippen MR) is 114 cm³/mol. The van der Waals surface area contributed by atoms with E-state index in [-0.39, 0.29) is 11.9 Å². The number of nitrogens with zero attached hydrogens (tertiary/aromatic N) is 2. The van der Waals surface area contributed by atoms with Gasteiger partial charge in [-0.05, 0) is 55.8 Å². The molecular formula is C23H33N3O3. The number of hydrogen-bond acceptors (Lipinski definition) is 4. The van der Waals surface area contributed by atoms with Crippen LogP contribution in [0.25, 0.3) is 0 Å². The molecule has 6 nitrogen and oxygen atoms in total. The predicted octanol–water partition coefficient (Wildman–Crippen LogP) is 3.32. The van der Waals surface area contributed by atoms with E-state index in [1.165, 1.54) is 31.4 Å². The Hall–Kier alpha value is -2.47. The molecule has 1 amide bonds. The van der Waals surface area contributed by atoms with Gasteiger partial charge >= 0.3 is 0 Å². The van der Waals surface area contributed by atoms with Crippen molar-refractivity contribution in [3.05, 3.63) is 47.8 Å². The highest BCUT2D eigenvalue weighted by Crippen LogP contribution is 2.28. The van der Waals surface area contributed by atoms with Crippen molar-refractivity contribution in [1.29, 1.82) is 0 Å². The average molecular weight is 400 g/mol. The fourth-order valence-corrected chi connectivity index (χ4v) is 4.10. The number of aromatic nitrogens is 1. The zero-order valence-electron chi connectivity index (χ0n) is 17.8. The van der Waals surface area contributed by atoms with E-state index in [4.69, 9.17) is 9.47 Å². The lowest BCUT2D eigenvalue weighted by Crippen LogP contribution is -2.39. The first kappa shape index (κ1) is 21.2. The highest BCUT2D eigenvalue weighted by molar-refractivity contribution is 5.78. The number of aryl methyl sites for hydroxylation is 1. The summed E-state index contributed by atoms with van der Waals surface area (Å²) in [6, 6.07) is 10.0. The molecule has 1 aliphatic rings. The summed E-state index contributed by atoms with van der Waals surface area (Å²) in [5, 5.41) is 3.16. The van der Waals surface area contributed by atoms with Crippen molar-refractivity contribution in [2.75, 3.05) is 33.9 Å². The van der Waals surface area contributed by atoms with Gasteiger partial charge in [-0.15, -0.1) is 0 Å². The van der Waals surface area contributed by atoms with E-state index in [1.54, 1.807) is 14.2 Å². The van der Waals surface area contributed by atoms with Gasteiger partial charge in [0.15, 0.2) is 11.5 Å². The molecule has 0 bridgehead atoms. The monoisotopic (exact) mass is 399 g/mol. The van der Waals surface area contributed by atoms with E-state index < -0.39 is 0 Å². The number of hydrogen-bond donors (Lipinski definition) is 1. The van der Waals surface area contributed by atoms with E-state index >= 15 is 0 Å². The number of likely N-dealkylation sites (tertiary alicyclic amines) is 1. The molecule has 0 spiro atoms. The first-order valence-electron chi connectivity index (χ1n) is 10.4. The van der Waals surface area contributed by atoms with E-state index in [0.29, 0.717) is 24.5 Å². The maximum Gasteiger partial charge on any atom is 0.224 e. The van der Waals surface area contributed by atoms with Crippen molar-refractivity contribution < 1.29 is 14.3 Å². The van der Waals surface area contributed by atoms with Gasteiger partial charge in [0.05, 0.1) is 26.7 Å². The molecule has 0 aliphatic carbocycles. The SMILES string of the molecule is COc1ccc(CC(=O)NCC(c2cccn2C)N2CCCCCC2)cc1OC. The lowest BCUT2D eigenvalue weighted by molar-refractivity contribution is -0.120. The van der Waals surface area contributed by atoms with Gasteiger partial charge in [-0.25, -0.2) is 0 Å². The van der Waals surface area contributed by atoms with Crippen molar-refractivity contribution in [3.63, 3.8) is 0 Å². The molecule has 1 unspecified atom stereocenters. The summed E-state index contributed by atoms with van der Waals surface area (Å²) in [7, 11) is 5.29. The molecule has 0 saturated carbocycles. The second-order valence-electron chi connectivity index (χ2n) is 7.68. The van der Waals surface area contributed by atoms with Crippen LogP contribution in [0.4, 0.5) is 0 Å². The summed E-state index contributed by atoms with van der Waals surface area (Å²) in [6.45, 7) is 2.78. The fourth-order valence-electron chi connectivity index (χ4n) is 4.10. The molecule has 158 valence electrons. The highest BCUT2D eigenvalue weighted by atomic mass is 16.5. The van der Waals surface area contributed by atoms with Crippen molar-refractivity contribution >= 4 is 5.91 Å². The minimum atomic E-state index is 0.0197. The molecule has 2 heterocycles. The highest BCUT2D eigenvalue weighted by Gasteiger charge is 2.24. The lowest BCUT2D eigenvalue weighted by atomic mass is 10.1. The Kier molecular flexibility index (Phi) is 7.58. The number of ether oxygens (including phenoxy) is 2. The molecule has 1 N–H and O–H groups in total. The number of nitrogens with one attached hydrogen (secondary N) is 1. The molecule has 1 aliphatic heterocycles. The number of benzene rings is 1. The molecule has 6 heteroatoms. The van der Waals surface area contributed by atoms with Crippen LogP contribution >= 0.6 is 0 Å². The normalized spacial score (nSPS) is 16.1. The Labute approximate surface area is 173 Å². The summed E-state index contributed by atoms with van der Waals surface area (Å²) < 4.78 is 12.8. The summed E-state index contributed by atoms with van der Waals surface area (Å²) >= 11 is 0. The first-order chi connectivity index (χ1) is 14.1. The first-order valence-corrected chi connectivity index (χ1v) is 10.4. The molecule has 3 rings (SSSR count). The smallest absolute Gasteiger partial charge is 0.224 e. The van der Waals surface area contributed by atoms with Gasteiger partial charge in [0.1, 0.15) is 0 Å². The molecule has 29 heavy (non-hydrogen) atoms. The second-order valence-corrected chi connectivity index (χ2v) is 7.68. The maximum atomic E-state index is 12.7. The molecular weight excluding hydrogens is 366 g/mol. The molecule has 0 radical (unpaired) electrons. The number of carbonyl (C=O) groups is 1. The molecule has 1 aromatic heterocycles. The molecule has 1 atom stereocenters. The van der Waals surface area contributed by atoms with Crippen LogP contribution < -0.4 is 14.8 Å². The van der Waals surface area contributed by atoms with E-state index in [0.717, 1.165) is 18.7 Å². The van der Waals surface area contributed by atoms with Crippen molar-refractivity contribution in [3.8, 4) is 11.5 Å². The van der Waals surface area contributed by atoms with Crippen LogP contribution in [0.2, 0.25) is 0 Å². The third-order valence-corrected chi connectivity index (χ3v) is 5.71. The number of amides is 1. The molecule has 1 saturated heterocycles. The van der Waals surface area contributed by atoms with Crippen LogP contribution in [-0.2, 0) is 18.3 Å². The standard InChI is InChI=1S/C23H33N3O3/c1-25-12-8-9-19(25)20(26-13-6-4-5-7-14-26)17-24-23(27)16-18-10-11-21(28-2)22(15-18)29-3/h8-12,15,20H,4-7,13-14,16-17H2,1-3H3,(H,24,27). The number of carbonyl (C=O) groups excluding carboxylic acids is 1. The zero-order chi connectivity index (χ0) is 20.6. The summed E-state index contributed by atoms with van der Waals surface area (Å²) in [5.74, 6) is 1.33. The zero-order valence-corrected chi connectivity index (χ0v) is 17.8. The summed E-state index contributed by atoms with van der Waals surface area (Å²) in [4.78, 5) is 15.2. The van der Waals surface area contributed by atoms with Crippen LogP contribution in [0, 0.1) is 0 Å². The molecule has 1 aromatic carbocycles. The van der Waals surface area contributed by atoms with Crippen molar-refractivity contribution in [2.45, 2.75) is 38.1 Å². The van der Waals surface area contributed by atoms with E-state index in [2.05, 4.69) is 40.2 Å². The van der Waals surface area contributed by atoms with Crippen LogP contribution in [0.5, 0.6) is 11.5 Å². The van der Waals surface area contributed by atoms with Gasteiger partial charge in [0.25, 0.3) is 0 Å². The van der Waals surface area contributed by atoms with Crippen molar-refractivity contribution in [1.82, 2.24) is 14.8 Å². The van der Waals surface area contributed by atoms with Crippen LogP contribution in [0.3, 0.4) is 0 Å². The number of methoxy groups -OCH3 is 2. The lowest BCUT2D eigenvalue weighted by Gasteiger charge is -2.31. The number of rotatable bonds is 8. The largest absolute Gasteiger partial charge is 0.493 e. The Bertz CT molecular complexity index is 794. The third-order valence-electron chi connectivity index (χ3n) is 5.71. The maximum absolute atomic E-state index is 12.7. The van der Waals surface area contributed by atoms with Crippen LogP contribution in [-0.4, -0.2) is 49.2 Å². The van der Waals surface area contributed by atoms with Gasteiger partial charge < -0.3 is 19.4 Å². The van der Waals surface area contributed by atoms with Gasteiger partial charge in [0, 0.05) is 25.5 Å².